The summed E-state index contributed by atoms with van der Waals surface area (Å²) >= 11 is 0. The van der Waals surface area contributed by atoms with Crippen molar-refractivity contribution in [3.63, 3.8) is 0 Å². The second-order valence-electron chi connectivity index (χ2n) is 5.47. The number of H-pyrrole nitrogens is 2. The molecule has 0 aliphatic carbocycles. The third kappa shape index (κ3) is 4.31. The number of para-hydroxylation sites is 1. The molecule has 2 aromatic carbocycles. The van der Waals surface area contributed by atoms with Crippen molar-refractivity contribution in [3.8, 4) is 0 Å². The molecule has 3 rings (SSSR count). The summed E-state index contributed by atoms with van der Waals surface area (Å²) in [4.78, 5) is 16.1. The maximum absolute atomic E-state index is 12.3. The van der Waals surface area contributed by atoms with Crippen LogP contribution in [0.3, 0.4) is 0 Å². The molecule has 0 saturated carbocycles. The van der Waals surface area contributed by atoms with Gasteiger partial charge in [-0.15, -0.1) is 0 Å². The fourth-order valence-electron chi connectivity index (χ4n) is 2.31. The molecule has 0 amide bonds. The van der Waals surface area contributed by atoms with Gasteiger partial charge in [-0.1, -0.05) is 18.2 Å². The molecule has 0 saturated heterocycles. The smallest absolute Gasteiger partial charge is 0.306 e. The summed E-state index contributed by atoms with van der Waals surface area (Å²) in [6.07, 6.45) is 0. The van der Waals surface area contributed by atoms with Gasteiger partial charge in [0.25, 0.3) is 0 Å². The zero-order valence-electron chi connectivity index (χ0n) is 13.4. The highest BCUT2D eigenvalue weighted by Gasteiger charge is 2.17. The van der Waals surface area contributed by atoms with Crippen LogP contribution >= 0.6 is 0 Å². The average molecular weight is 396 g/mol. The van der Waals surface area contributed by atoms with Gasteiger partial charge in [0, 0.05) is 12.2 Å². The van der Waals surface area contributed by atoms with E-state index < -0.39 is 31.5 Å². The number of hydrogen-bond donors (Lipinski definition) is 4. The first-order chi connectivity index (χ1) is 12.3. The third-order valence-electron chi connectivity index (χ3n) is 3.51. The quantitative estimate of drug-likeness (QED) is 0.462. The van der Waals surface area contributed by atoms with Crippen molar-refractivity contribution in [1.82, 2.24) is 14.7 Å². The molecule has 0 aliphatic rings. The highest BCUT2D eigenvalue weighted by Crippen LogP contribution is 2.15. The van der Waals surface area contributed by atoms with E-state index in [2.05, 4.69) is 19.4 Å². The molecule has 0 fully saturated rings. The molecule has 0 aliphatic heterocycles. The highest BCUT2D eigenvalue weighted by atomic mass is 32.2. The summed E-state index contributed by atoms with van der Waals surface area (Å²) in [6, 6.07) is 12.4. The zero-order chi connectivity index (χ0) is 18.8. The maximum Gasteiger partial charge on any atom is 0.323 e. The van der Waals surface area contributed by atoms with Crippen molar-refractivity contribution in [1.29, 1.82) is 0 Å². The SMILES string of the molecule is O=c1[nH]c2ccc(S(=O)(=O)NCCS(=O)(=O)Nc3ccccc3)cc2[nH]1. The number of imidazole rings is 1. The van der Waals surface area contributed by atoms with E-state index in [1.165, 1.54) is 18.2 Å². The molecule has 9 nitrogen and oxygen atoms in total. The van der Waals surface area contributed by atoms with Gasteiger partial charge in [-0.2, -0.15) is 0 Å². The number of fused-ring (bicyclic) bond motifs is 1. The average Bonchev–Trinajstić information content (AvgIpc) is 2.94. The summed E-state index contributed by atoms with van der Waals surface area (Å²) in [7, 11) is -7.62. The van der Waals surface area contributed by atoms with Crippen LogP contribution in [0.4, 0.5) is 5.69 Å². The van der Waals surface area contributed by atoms with E-state index in [-0.39, 0.29) is 11.4 Å². The predicted octanol–water partition coefficient (Wildman–Crippen LogP) is 0.576. The Morgan fingerprint density at radius 2 is 1.58 bits per heavy atom. The summed E-state index contributed by atoms with van der Waals surface area (Å²) in [5, 5.41) is 0. The predicted molar refractivity (Wildman–Crippen MR) is 98.0 cm³/mol. The lowest BCUT2D eigenvalue weighted by molar-refractivity contribution is 0.582. The fraction of sp³-hybridized carbons (Fsp3) is 0.133. The van der Waals surface area contributed by atoms with E-state index in [0.717, 1.165) is 0 Å². The van der Waals surface area contributed by atoms with Crippen LogP contribution < -0.4 is 15.1 Å². The molecule has 0 spiro atoms. The number of aromatic nitrogens is 2. The van der Waals surface area contributed by atoms with Crippen molar-refractivity contribution in [2.75, 3.05) is 17.0 Å². The van der Waals surface area contributed by atoms with Crippen molar-refractivity contribution >= 4 is 36.8 Å². The van der Waals surface area contributed by atoms with Gasteiger partial charge >= 0.3 is 5.69 Å². The lowest BCUT2D eigenvalue weighted by atomic mass is 10.3. The standard InChI is InChI=1S/C15H16N4O5S2/c20-15-17-13-7-6-12(10-14(13)18-15)26(23,24)16-8-9-25(21,22)19-11-4-2-1-3-5-11/h1-7,10,16,19H,8-9H2,(H2,17,18,20). The molecule has 1 heterocycles. The van der Waals surface area contributed by atoms with Gasteiger partial charge in [0.2, 0.25) is 20.0 Å². The Morgan fingerprint density at radius 1 is 0.885 bits per heavy atom. The normalized spacial score (nSPS) is 12.3. The number of benzene rings is 2. The van der Waals surface area contributed by atoms with Gasteiger partial charge in [-0.25, -0.2) is 26.4 Å². The summed E-state index contributed by atoms with van der Waals surface area (Å²) in [6.45, 7) is -0.299. The lowest BCUT2D eigenvalue weighted by Gasteiger charge is -2.09. The Hall–Kier alpha value is -2.63. The number of sulfonamides is 2. The molecule has 1 aromatic heterocycles. The van der Waals surface area contributed by atoms with Crippen LogP contribution in [-0.2, 0) is 20.0 Å². The largest absolute Gasteiger partial charge is 0.323 e. The van der Waals surface area contributed by atoms with E-state index in [4.69, 9.17) is 0 Å². The minimum absolute atomic E-state index is 0.0753. The van der Waals surface area contributed by atoms with Gasteiger partial charge in [0.15, 0.2) is 0 Å². The first-order valence-electron chi connectivity index (χ1n) is 7.52. The molecule has 0 unspecified atom stereocenters. The Balaban J connectivity index is 1.66. The van der Waals surface area contributed by atoms with E-state index in [1.54, 1.807) is 30.3 Å². The van der Waals surface area contributed by atoms with Gasteiger partial charge < -0.3 is 9.97 Å². The zero-order valence-corrected chi connectivity index (χ0v) is 15.0. The van der Waals surface area contributed by atoms with Crippen LogP contribution in [0.1, 0.15) is 0 Å². The Labute approximate surface area is 149 Å². The fourth-order valence-corrected chi connectivity index (χ4v) is 4.46. The maximum atomic E-state index is 12.3. The van der Waals surface area contributed by atoms with Crippen LogP contribution in [0, 0.1) is 0 Å². The van der Waals surface area contributed by atoms with Crippen molar-refractivity contribution in [3.05, 3.63) is 59.0 Å². The summed E-state index contributed by atoms with van der Waals surface area (Å²) < 4.78 is 53.2. The molecular weight excluding hydrogens is 380 g/mol. The molecule has 11 heteroatoms. The minimum Gasteiger partial charge on any atom is -0.306 e. The van der Waals surface area contributed by atoms with Gasteiger partial charge in [-0.3, -0.25) is 4.72 Å². The van der Waals surface area contributed by atoms with Crippen LogP contribution in [0.2, 0.25) is 0 Å². The van der Waals surface area contributed by atoms with Gasteiger partial charge in [0.1, 0.15) is 0 Å². The Bertz CT molecular complexity index is 1180. The van der Waals surface area contributed by atoms with Crippen molar-refractivity contribution < 1.29 is 16.8 Å². The summed E-state index contributed by atoms with van der Waals surface area (Å²) in [5.41, 5.74) is 0.776. The molecule has 0 bridgehead atoms. The van der Waals surface area contributed by atoms with Gasteiger partial charge in [-0.05, 0) is 30.3 Å². The summed E-state index contributed by atoms with van der Waals surface area (Å²) in [5.74, 6) is -0.426. The number of hydrogen-bond acceptors (Lipinski definition) is 5. The first kappa shape index (κ1) is 18.2. The lowest BCUT2D eigenvalue weighted by Crippen LogP contribution is -2.31. The van der Waals surface area contributed by atoms with Crippen LogP contribution in [0.15, 0.2) is 58.2 Å². The van der Waals surface area contributed by atoms with Crippen molar-refractivity contribution in [2.45, 2.75) is 4.90 Å². The molecular formula is C15H16N4O5S2. The van der Waals surface area contributed by atoms with E-state index in [0.29, 0.717) is 16.7 Å². The topological polar surface area (TPSA) is 141 Å². The van der Waals surface area contributed by atoms with Gasteiger partial charge in [0.05, 0.1) is 21.7 Å². The van der Waals surface area contributed by atoms with E-state index in [9.17, 15) is 21.6 Å². The molecule has 4 N–H and O–H groups in total. The first-order valence-corrected chi connectivity index (χ1v) is 10.7. The molecule has 0 radical (unpaired) electrons. The van der Waals surface area contributed by atoms with Crippen LogP contribution in [0.25, 0.3) is 11.0 Å². The van der Waals surface area contributed by atoms with Crippen molar-refractivity contribution in [2.24, 2.45) is 0 Å². The van der Waals surface area contributed by atoms with Crippen LogP contribution in [-0.4, -0.2) is 39.1 Å². The third-order valence-corrected chi connectivity index (χ3v) is 6.25. The minimum atomic E-state index is -3.92. The monoisotopic (exact) mass is 396 g/mol. The van der Waals surface area contributed by atoms with E-state index in [1.807, 2.05) is 0 Å². The van der Waals surface area contributed by atoms with E-state index >= 15 is 0 Å². The number of rotatable bonds is 7. The number of nitrogens with one attached hydrogen (secondary N) is 4. The Morgan fingerprint density at radius 3 is 2.31 bits per heavy atom. The molecule has 138 valence electrons. The highest BCUT2D eigenvalue weighted by molar-refractivity contribution is 7.92. The molecule has 3 aromatic rings. The molecule has 0 atom stereocenters. The number of anilines is 1. The molecule has 26 heavy (non-hydrogen) atoms. The number of aromatic amines is 2. The Kier molecular flexibility index (Phi) is 4.85. The second-order valence-corrected chi connectivity index (χ2v) is 9.08. The van der Waals surface area contributed by atoms with Crippen LogP contribution in [0.5, 0.6) is 0 Å². The second kappa shape index (κ2) is 6.94.